The van der Waals surface area contributed by atoms with E-state index in [0.717, 1.165) is 28.2 Å². The summed E-state index contributed by atoms with van der Waals surface area (Å²) in [6.07, 6.45) is 3.95. The molecule has 0 saturated carbocycles. The van der Waals surface area contributed by atoms with Gasteiger partial charge in [0.15, 0.2) is 0 Å². The van der Waals surface area contributed by atoms with Crippen LogP contribution in [0.3, 0.4) is 0 Å². The smallest absolute Gasteiger partial charge is 0.414 e. The number of benzene rings is 1. The van der Waals surface area contributed by atoms with E-state index < -0.39 is 5.60 Å². The van der Waals surface area contributed by atoms with Crippen molar-refractivity contribution in [2.24, 2.45) is 0 Å². The minimum absolute atomic E-state index is 0.256. The minimum atomic E-state index is -0.571. The van der Waals surface area contributed by atoms with E-state index in [9.17, 15) is 9.18 Å². The molecule has 3 aromatic rings. The van der Waals surface area contributed by atoms with Gasteiger partial charge in [-0.15, -0.1) is 0 Å². The number of halogens is 1. The number of hydrogen-bond acceptors (Lipinski definition) is 3. The van der Waals surface area contributed by atoms with Gasteiger partial charge in [0.25, 0.3) is 0 Å². The van der Waals surface area contributed by atoms with Crippen molar-refractivity contribution in [3.8, 4) is 0 Å². The summed E-state index contributed by atoms with van der Waals surface area (Å²) in [5, 5.41) is 0. The number of carbonyl (C=O) groups excluding carboxylic acids is 1. The zero-order chi connectivity index (χ0) is 21.0. The van der Waals surface area contributed by atoms with E-state index in [-0.39, 0.29) is 17.3 Å². The number of aromatic nitrogens is 2. The lowest BCUT2D eigenvalue weighted by Gasteiger charge is -2.26. The highest BCUT2D eigenvalue weighted by Crippen LogP contribution is 2.44. The average molecular weight is 395 g/mol. The Morgan fingerprint density at radius 2 is 1.93 bits per heavy atom. The number of anilines is 1. The first-order valence-electron chi connectivity index (χ1n) is 9.79. The van der Waals surface area contributed by atoms with Crippen molar-refractivity contribution < 1.29 is 13.9 Å². The highest BCUT2D eigenvalue weighted by atomic mass is 19.1. The Hall–Kier alpha value is -2.89. The van der Waals surface area contributed by atoms with Crippen LogP contribution in [-0.4, -0.2) is 27.6 Å². The normalized spacial score (nSPS) is 15.6. The zero-order valence-electron chi connectivity index (χ0n) is 17.5. The summed E-state index contributed by atoms with van der Waals surface area (Å²) in [7, 11) is 0. The van der Waals surface area contributed by atoms with E-state index in [0.29, 0.717) is 13.0 Å². The molecule has 0 saturated heterocycles. The maximum Gasteiger partial charge on any atom is 0.414 e. The second-order valence-corrected chi connectivity index (χ2v) is 9.27. The Morgan fingerprint density at radius 3 is 2.59 bits per heavy atom. The van der Waals surface area contributed by atoms with Crippen LogP contribution >= 0.6 is 0 Å². The van der Waals surface area contributed by atoms with Crippen LogP contribution in [0.25, 0.3) is 5.65 Å². The van der Waals surface area contributed by atoms with Gasteiger partial charge in [-0.3, -0.25) is 4.90 Å². The van der Waals surface area contributed by atoms with Gasteiger partial charge in [-0.2, -0.15) is 0 Å². The molecule has 29 heavy (non-hydrogen) atoms. The molecule has 3 heterocycles. The van der Waals surface area contributed by atoms with Gasteiger partial charge in [0.05, 0.1) is 5.69 Å². The molecule has 1 aromatic carbocycles. The van der Waals surface area contributed by atoms with Gasteiger partial charge >= 0.3 is 6.09 Å². The van der Waals surface area contributed by atoms with Crippen LogP contribution in [0.4, 0.5) is 14.9 Å². The van der Waals surface area contributed by atoms with Crippen molar-refractivity contribution in [1.29, 1.82) is 0 Å². The fourth-order valence-electron chi connectivity index (χ4n) is 3.98. The predicted octanol–water partition coefficient (Wildman–Crippen LogP) is 5.10. The molecule has 0 fully saturated rings. The van der Waals surface area contributed by atoms with Crippen LogP contribution in [0.5, 0.6) is 0 Å². The summed E-state index contributed by atoms with van der Waals surface area (Å²) < 4.78 is 21.0. The van der Waals surface area contributed by atoms with E-state index in [1.807, 2.05) is 33.0 Å². The number of hydrogen-bond donors (Lipinski definition) is 0. The van der Waals surface area contributed by atoms with E-state index in [1.54, 1.807) is 23.2 Å². The average Bonchev–Trinajstić information content (AvgIpc) is 3.18. The molecule has 5 nitrogen and oxygen atoms in total. The monoisotopic (exact) mass is 395 g/mol. The molecule has 6 heteroatoms. The number of rotatable bonds is 2. The Morgan fingerprint density at radius 1 is 1.24 bits per heavy atom. The number of ether oxygens (including phenoxy) is 1. The van der Waals surface area contributed by atoms with E-state index in [4.69, 9.17) is 4.74 Å². The Bertz CT molecular complexity index is 1080. The second-order valence-electron chi connectivity index (χ2n) is 9.27. The van der Waals surface area contributed by atoms with Gasteiger partial charge in [-0.25, -0.2) is 14.2 Å². The van der Waals surface area contributed by atoms with Gasteiger partial charge in [0, 0.05) is 42.0 Å². The molecule has 0 N–H and O–H groups in total. The standard InChI is InChI=1S/C23H26FN3O2/c1-22(2,3)29-21(28)27-14-23(4,5)19-18(27)13-17(26-11-10-25-20(19)26)12-15-6-8-16(24)9-7-15/h6-11,13H,12,14H2,1-5H3. The number of fused-ring (bicyclic) bond motifs is 3. The van der Waals surface area contributed by atoms with Gasteiger partial charge in [-0.05, 0) is 44.5 Å². The summed E-state index contributed by atoms with van der Waals surface area (Å²) in [6, 6.07) is 8.52. The first kappa shape index (κ1) is 19.4. The first-order chi connectivity index (χ1) is 13.5. The zero-order valence-corrected chi connectivity index (χ0v) is 17.5. The molecule has 0 spiro atoms. The molecular formula is C23H26FN3O2. The SMILES string of the molecule is CC(C)(C)OC(=O)N1CC(C)(C)c2c1cc(Cc1ccc(F)cc1)n1ccnc21. The predicted molar refractivity (Wildman–Crippen MR) is 111 cm³/mol. The van der Waals surface area contributed by atoms with Crippen molar-refractivity contribution in [3.05, 3.63) is 65.4 Å². The molecule has 4 rings (SSSR count). The molecule has 0 atom stereocenters. The molecule has 0 radical (unpaired) electrons. The Balaban J connectivity index is 1.82. The third kappa shape index (κ3) is 3.59. The van der Waals surface area contributed by atoms with Gasteiger partial charge in [-0.1, -0.05) is 26.0 Å². The molecule has 152 valence electrons. The van der Waals surface area contributed by atoms with Crippen LogP contribution in [-0.2, 0) is 16.6 Å². The van der Waals surface area contributed by atoms with Gasteiger partial charge in [0.1, 0.15) is 17.1 Å². The summed E-state index contributed by atoms with van der Waals surface area (Å²) >= 11 is 0. The number of imidazole rings is 1. The maximum absolute atomic E-state index is 13.3. The van der Waals surface area contributed by atoms with Crippen LogP contribution < -0.4 is 4.90 Å². The molecule has 1 amide bonds. The highest BCUT2D eigenvalue weighted by molar-refractivity contribution is 5.93. The van der Waals surface area contributed by atoms with Crippen LogP contribution in [0, 0.1) is 5.82 Å². The fraction of sp³-hybridized carbons (Fsp3) is 0.391. The molecule has 0 aliphatic carbocycles. The Labute approximate surface area is 170 Å². The third-order valence-corrected chi connectivity index (χ3v) is 5.17. The number of carbonyl (C=O) groups is 1. The summed E-state index contributed by atoms with van der Waals surface area (Å²) in [4.78, 5) is 19.2. The van der Waals surface area contributed by atoms with E-state index >= 15 is 0 Å². The highest BCUT2D eigenvalue weighted by Gasteiger charge is 2.42. The maximum atomic E-state index is 13.3. The molecule has 0 unspecified atom stereocenters. The number of nitrogens with zero attached hydrogens (tertiary/aromatic N) is 3. The van der Waals surface area contributed by atoms with Crippen molar-refractivity contribution >= 4 is 17.4 Å². The van der Waals surface area contributed by atoms with E-state index in [2.05, 4.69) is 23.2 Å². The van der Waals surface area contributed by atoms with Crippen molar-refractivity contribution in [3.63, 3.8) is 0 Å². The van der Waals surface area contributed by atoms with Crippen molar-refractivity contribution in [2.75, 3.05) is 11.4 Å². The Kier molecular flexibility index (Phi) is 4.41. The van der Waals surface area contributed by atoms with Gasteiger partial charge in [0.2, 0.25) is 0 Å². The van der Waals surface area contributed by atoms with Crippen molar-refractivity contribution in [1.82, 2.24) is 9.38 Å². The van der Waals surface area contributed by atoms with Crippen molar-refractivity contribution in [2.45, 2.75) is 52.1 Å². The molecule has 1 aliphatic rings. The quantitative estimate of drug-likeness (QED) is 0.607. The summed E-state index contributed by atoms with van der Waals surface area (Å²) in [5.41, 5.74) is 3.86. The number of amides is 1. The molecule has 2 aromatic heterocycles. The lowest BCUT2D eigenvalue weighted by molar-refractivity contribution is 0.0579. The summed E-state index contributed by atoms with van der Waals surface area (Å²) in [5.74, 6) is -0.256. The molecular weight excluding hydrogens is 369 g/mol. The minimum Gasteiger partial charge on any atom is -0.443 e. The third-order valence-electron chi connectivity index (χ3n) is 5.17. The largest absolute Gasteiger partial charge is 0.443 e. The van der Waals surface area contributed by atoms with Crippen LogP contribution in [0.15, 0.2) is 42.7 Å². The summed E-state index contributed by atoms with van der Waals surface area (Å²) in [6.45, 7) is 10.4. The lowest BCUT2D eigenvalue weighted by atomic mass is 9.87. The number of pyridine rings is 1. The van der Waals surface area contributed by atoms with Crippen LogP contribution in [0.2, 0.25) is 0 Å². The van der Waals surface area contributed by atoms with Crippen LogP contribution in [0.1, 0.15) is 51.4 Å². The molecule has 0 bridgehead atoms. The topological polar surface area (TPSA) is 46.8 Å². The second kappa shape index (κ2) is 6.58. The van der Waals surface area contributed by atoms with Gasteiger partial charge < -0.3 is 9.14 Å². The molecule has 1 aliphatic heterocycles. The lowest BCUT2D eigenvalue weighted by Crippen LogP contribution is -2.38. The first-order valence-corrected chi connectivity index (χ1v) is 9.79. The van der Waals surface area contributed by atoms with E-state index in [1.165, 1.54) is 12.1 Å². The fourth-order valence-corrected chi connectivity index (χ4v) is 3.98.